The van der Waals surface area contributed by atoms with Gasteiger partial charge in [-0.2, -0.15) is 0 Å². The summed E-state index contributed by atoms with van der Waals surface area (Å²) < 4.78 is 1.10. The zero-order valence-electron chi connectivity index (χ0n) is 12.5. The van der Waals surface area contributed by atoms with E-state index >= 15 is 0 Å². The molecule has 0 saturated heterocycles. The Kier molecular flexibility index (Phi) is 4.48. The van der Waals surface area contributed by atoms with Crippen LogP contribution in [0, 0.1) is 12.8 Å². The highest BCUT2D eigenvalue weighted by atomic mass is 79.9. The molecular formula is C18H19BrN2O. The average molecular weight is 359 g/mol. The Balaban J connectivity index is 1.63. The number of nitrogens with one attached hydrogen (secondary N) is 2. The fourth-order valence-electron chi connectivity index (χ4n) is 2.44. The molecule has 2 aromatic rings. The molecule has 1 saturated carbocycles. The van der Waals surface area contributed by atoms with Crippen molar-refractivity contribution >= 4 is 38.9 Å². The molecule has 3 nitrogen and oxygen atoms in total. The second kappa shape index (κ2) is 6.53. The smallest absolute Gasteiger partial charge is 0.227 e. The molecule has 0 atom stereocenters. The molecule has 0 heterocycles. The number of carbonyl (C=O) groups is 1. The van der Waals surface area contributed by atoms with Gasteiger partial charge in [0.15, 0.2) is 0 Å². The lowest BCUT2D eigenvalue weighted by Gasteiger charge is -2.24. The number of carbonyl (C=O) groups excluding carboxylic acids is 1. The van der Waals surface area contributed by atoms with Gasteiger partial charge in [0.1, 0.15) is 0 Å². The predicted molar refractivity (Wildman–Crippen MR) is 94.6 cm³/mol. The van der Waals surface area contributed by atoms with Crippen LogP contribution in [0.4, 0.5) is 17.1 Å². The van der Waals surface area contributed by atoms with Gasteiger partial charge in [-0.1, -0.05) is 22.4 Å². The van der Waals surface area contributed by atoms with Gasteiger partial charge in [-0.3, -0.25) is 4.79 Å². The number of benzene rings is 2. The van der Waals surface area contributed by atoms with Crippen LogP contribution in [-0.2, 0) is 4.79 Å². The van der Waals surface area contributed by atoms with Crippen LogP contribution in [0.25, 0.3) is 0 Å². The van der Waals surface area contributed by atoms with Crippen molar-refractivity contribution in [2.24, 2.45) is 5.92 Å². The van der Waals surface area contributed by atoms with E-state index in [0.29, 0.717) is 0 Å². The number of halogens is 1. The van der Waals surface area contributed by atoms with Crippen molar-refractivity contribution < 1.29 is 4.79 Å². The average Bonchev–Trinajstić information content (AvgIpc) is 2.43. The van der Waals surface area contributed by atoms with E-state index in [2.05, 4.69) is 39.6 Å². The summed E-state index contributed by atoms with van der Waals surface area (Å²) in [6.07, 6.45) is 3.22. The van der Waals surface area contributed by atoms with E-state index in [1.54, 1.807) is 0 Å². The van der Waals surface area contributed by atoms with E-state index in [4.69, 9.17) is 0 Å². The van der Waals surface area contributed by atoms with Crippen LogP contribution in [0.3, 0.4) is 0 Å². The molecule has 3 rings (SSSR count). The van der Waals surface area contributed by atoms with E-state index < -0.39 is 0 Å². The molecule has 0 bridgehead atoms. The van der Waals surface area contributed by atoms with Gasteiger partial charge in [0.05, 0.1) is 0 Å². The summed E-state index contributed by atoms with van der Waals surface area (Å²) >= 11 is 3.50. The Morgan fingerprint density at radius 2 is 1.68 bits per heavy atom. The molecular weight excluding hydrogens is 340 g/mol. The van der Waals surface area contributed by atoms with Gasteiger partial charge in [0, 0.05) is 27.5 Å². The molecule has 1 fully saturated rings. The van der Waals surface area contributed by atoms with Crippen LogP contribution in [0.15, 0.2) is 46.9 Å². The van der Waals surface area contributed by atoms with Crippen molar-refractivity contribution in [3.8, 4) is 0 Å². The molecule has 0 spiro atoms. The van der Waals surface area contributed by atoms with E-state index in [9.17, 15) is 4.79 Å². The van der Waals surface area contributed by atoms with E-state index in [-0.39, 0.29) is 11.8 Å². The summed E-state index contributed by atoms with van der Waals surface area (Å²) in [5.74, 6) is 0.360. The highest BCUT2D eigenvalue weighted by molar-refractivity contribution is 9.10. The third-order valence-corrected chi connectivity index (χ3v) is 4.96. The van der Waals surface area contributed by atoms with E-state index in [1.165, 1.54) is 12.0 Å². The lowest BCUT2D eigenvalue weighted by Crippen LogP contribution is -2.27. The minimum Gasteiger partial charge on any atom is -0.356 e. The Morgan fingerprint density at radius 1 is 1.05 bits per heavy atom. The number of rotatable bonds is 4. The zero-order valence-corrected chi connectivity index (χ0v) is 14.1. The quantitative estimate of drug-likeness (QED) is 0.784. The summed E-state index contributed by atoms with van der Waals surface area (Å²) in [7, 11) is 0. The third-order valence-electron chi connectivity index (χ3n) is 4.08. The van der Waals surface area contributed by atoms with E-state index in [0.717, 1.165) is 34.4 Å². The van der Waals surface area contributed by atoms with Gasteiger partial charge in [-0.05, 0) is 67.8 Å². The first-order valence-electron chi connectivity index (χ1n) is 7.56. The van der Waals surface area contributed by atoms with Crippen molar-refractivity contribution in [2.45, 2.75) is 26.2 Å². The topological polar surface area (TPSA) is 41.1 Å². The van der Waals surface area contributed by atoms with Gasteiger partial charge in [-0.25, -0.2) is 0 Å². The first-order valence-corrected chi connectivity index (χ1v) is 8.35. The molecule has 1 amide bonds. The standard InChI is InChI=1S/C18H19BrN2O/c1-12-11-16(9-10-17(12)19)20-14-5-7-15(8-6-14)21-18(22)13-3-2-4-13/h5-11,13,20H,2-4H2,1H3,(H,21,22). The normalized spacial score (nSPS) is 14.3. The first-order chi connectivity index (χ1) is 10.6. The van der Waals surface area contributed by atoms with Crippen LogP contribution >= 0.6 is 15.9 Å². The van der Waals surface area contributed by atoms with Crippen molar-refractivity contribution in [3.63, 3.8) is 0 Å². The molecule has 1 aliphatic rings. The number of hydrogen-bond donors (Lipinski definition) is 2. The van der Waals surface area contributed by atoms with Crippen LogP contribution in [0.2, 0.25) is 0 Å². The maximum atomic E-state index is 11.9. The van der Waals surface area contributed by atoms with Crippen LogP contribution in [0.5, 0.6) is 0 Å². The molecule has 4 heteroatoms. The largest absolute Gasteiger partial charge is 0.356 e. The lowest BCUT2D eigenvalue weighted by molar-refractivity contribution is -0.122. The lowest BCUT2D eigenvalue weighted by atomic mass is 9.85. The summed E-state index contributed by atoms with van der Waals surface area (Å²) in [6, 6.07) is 14.0. The van der Waals surface area contributed by atoms with Crippen molar-refractivity contribution in [1.82, 2.24) is 0 Å². The first kappa shape index (κ1) is 15.1. The molecule has 2 N–H and O–H groups in total. The molecule has 2 aromatic carbocycles. The Morgan fingerprint density at radius 3 is 2.27 bits per heavy atom. The number of aryl methyl sites for hydroxylation is 1. The Labute approximate surface area is 139 Å². The molecule has 0 radical (unpaired) electrons. The summed E-state index contributed by atoms with van der Waals surface area (Å²) in [5.41, 5.74) is 4.10. The molecule has 0 unspecified atom stereocenters. The van der Waals surface area contributed by atoms with Crippen molar-refractivity contribution in [1.29, 1.82) is 0 Å². The van der Waals surface area contributed by atoms with Crippen molar-refractivity contribution in [2.75, 3.05) is 10.6 Å². The Bertz CT molecular complexity index is 678. The number of anilines is 3. The van der Waals surface area contributed by atoms with Gasteiger partial charge in [-0.15, -0.1) is 0 Å². The molecule has 114 valence electrons. The highest BCUT2D eigenvalue weighted by Gasteiger charge is 2.24. The van der Waals surface area contributed by atoms with Crippen LogP contribution in [0.1, 0.15) is 24.8 Å². The fraction of sp³-hybridized carbons (Fsp3) is 0.278. The third kappa shape index (κ3) is 3.50. The van der Waals surface area contributed by atoms with Gasteiger partial charge < -0.3 is 10.6 Å². The summed E-state index contributed by atoms with van der Waals surface area (Å²) in [5, 5.41) is 6.34. The van der Waals surface area contributed by atoms with E-state index in [1.807, 2.05) is 36.4 Å². The molecule has 1 aliphatic carbocycles. The minimum absolute atomic E-state index is 0.149. The number of hydrogen-bond acceptors (Lipinski definition) is 2. The SMILES string of the molecule is Cc1cc(Nc2ccc(NC(=O)C3CCC3)cc2)ccc1Br. The Hall–Kier alpha value is -1.81. The zero-order chi connectivity index (χ0) is 15.5. The molecule has 0 aliphatic heterocycles. The van der Waals surface area contributed by atoms with Gasteiger partial charge in [0.2, 0.25) is 5.91 Å². The predicted octanol–water partition coefficient (Wildman–Crippen LogP) is 5.24. The fourth-order valence-corrected chi connectivity index (χ4v) is 2.69. The summed E-state index contributed by atoms with van der Waals surface area (Å²) in [6.45, 7) is 2.06. The summed E-state index contributed by atoms with van der Waals surface area (Å²) in [4.78, 5) is 11.9. The van der Waals surface area contributed by atoms with Crippen molar-refractivity contribution in [3.05, 3.63) is 52.5 Å². The second-order valence-electron chi connectivity index (χ2n) is 5.78. The molecule has 0 aromatic heterocycles. The van der Waals surface area contributed by atoms with Crippen LogP contribution in [-0.4, -0.2) is 5.91 Å². The second-order valence-corrected chi connectivity index (χ2v) is 6.64. The van der Waals surface area contributed by atoms with Gasteiger partial charge >= 0.3 is 0 Å². The highest BCUT2D eigenvalue weighted by Crippen LogP contribution is 2.28. The number of amides is 1. The monoisotopic (exact) mass is 358 g/mol. The minimum atomic E-state index is 0.149. The van der Waals surface area contributed by atoms with Crippen LogP contribution < -0.4 is 10.6 Å². The molecule has 22 heavy (non-hydrogen) atoms. The maximum absolute atomic E-state index is 11.9. The van der Waals surface area contributed by atoms with Gasteiger partial charge in [0.25, 0.3) is 0 Å². The maximum Gasteiger partial charge on any atom is 0.227 e.